The van der Waals surface area contributed by atoms with Gasteiger partial charge in [-0.15, -0.1) is 0 Å². The molecule has 9 nitrogen and oxygen atoms in total. The summed E-state index contributed by atoms with van der Waals surface area (Å²) in [7, 11) is 5.98. The van der Waals surface area contributed by atoms with Crippen molar-refractivity contribution in [1.29, 1.82) is 0 Å². The van der Waals surface area contributed by atoms with Gasteiger partial charge in [-0.2, -0.15) is 0 Å². The van der Waals surface area contributed by atoms with Gasteiger partial charge in [0.25, 0.3) is 6.29 Å². The van der Waals surface area contributed by atoms with Crippen LogP contribution < -0.4 is 0 Å². The van der Waals surface area contributed by atoms with Crippen molar-refractivity contribution in [2.45, 2.75) is 289 Å². The van der Waals surface area contributed by atoms with E-state index in [0.29, 0.717) is 17.4 Å². The Bertz CT molecular complexity index is 1400. The van der Waals surface area contributed by atoms with E-state index < -0.39 is 24.3 Å². The number of nitrogens with zero attached hydrogens (tertiary/aromatic N) is 1. The summed E-state index contributed by atoms with van der Waals surface area (Å²) in [6.45, 7) is 4.80. The summed E-state index contributed by atoms with van der Waals surface area (Å²) in [5, 5.41) is 9.71. The second-order valence-electron chi connectivity index (χ2n) is 22.0. The average Bonchev–Trinajstić information content (AvgIpc) is 3.37. The third-order valence-corrected chi connectivity index (χ3v) is 13.5. The maximum absolute atomic E-state index is 12.9. The van der Waals surface area contributed by atoms with Gasteiger partial charge in [0.1, 0.15) is 13.2 Å². The van der Waals surface area contributed by atoms with Crippen molar-refractivity contribution in [2.24, 2.45) is 0 Å². The molecule has 0 aromatic carbocycles. The van der Waals surface area contributed by atoms with E-state index in [1.807, 2.05) is 21.1 Å². The van der Waals surface area contributed by atoms with Gasteiger partial charge in [0.05, 0.1) is 34.4 Å². The third kappa shape index (κ3) is 56.7. The average molecular weight is 1040 g/mol. The fourth-order valence-electron chi connectivity index (χ4n) is 8.81. The standard InChI is InChI=1S/C65H117NO8/c1-6-8-10-12-14-16-18-20-22-24-25-26-27-28-29-30-31-32-33-34-35-36-37-38-39-40-42-44-46-48-50-52-54-56-63(68)74-61(60-73-65(64(69)70)71-58-57-66(3,4)5)59-72-62(67)55-53-51-49-47-45-43-41-23-21-19-17-15-13-11-9-7-2/h8,10,14,16,20,22,25-26,28-29,61,65H,6-7,9,11-13,15,17-19,21,23-24,27,30-60H2,1-5H3/p+1/b10-8-,16-14-,22-20-,26-25-,29-28-. The molecule has 9 heteroatoms. The lowest BCUT2D eigenvalue weighted by Gasteiger charge is -2.25. The van der Waals surface area contributed by atoms with Crippen molar-refractivity contribution in [3.8, 4) is 0 Å². The summed E-state index contributed by atoms with van der Waals surface area (Å²) < 4.78 is 22.9. The van der Waals surface area contributed by atoms with Crippen LogP contribution in [0.5, 0.6) is 0 Å². The van der Waals surface area contributed by atoms with E-state index in [9.17, 15) is 19.5 Å². The third-order valence-electron chi connectivity index (χ3n) is 13.5. The number of rotatable bonds is 57. The molecule has 0 bridgehead atoms. The summed E-state index contributed by atoms with van der Waals surface area (Å²) in [6.07, 6.45) is 68.8. The Labute approximate surface area is 456 Å². The Morgan fingerprint density at radius 3 is 1.15 bits per heavy atom. The number of allylic oxidation sites excluding steroid dienone is 10. The number of likely N-dealkylation sites (N-methyl/N-ethyl adjacent to an activating group) is 1. The predicted octanol–water partition coefficient (Wildman–Crippen LogP) is 18.4. The Morgan fingerprint density at radius 2 is 0.770 bits per heavy atom. The lowest BCUT2D eigenvalue weighted by Crippen LogP contribution is -2.40. The Balaban J connectivity index is 4.10. The number of ether oxygens (including phenoxy) is 4. The van der Waals surface area contributed by atoms with Crippen molar-refractivity contribution >= 4 is 17.9 Å². The maximum atomic E-state index is 12.9. The molecule has 0 radical (unpaired) electrons. The van der Waals surface area contributed by atoms with Gasteiger partial charge in [-0.25, -0.2) is 4.79 Å². The number of hydrogen-bond acceptors (Lipinski definition) is 7. The number of hydrogen-bond donors (Lipinski definition) is 1. The molecule has 2 unspecified atom stereocenters. The zero-order chi connectivity index (χ0) is 54.1. The highest BCUT2D eigenvalue weighted by molar-refractivity contribution is 5.71. The van der Waals surface area contributed by atoms with Gasteiger partial charge in [0, 0.05) is 12.8 Å². The molecule has 0 aromatic rings. The quantitative estimate of drug-likeness (QED) is 0.0211. The minimum Gasteiger partial charge on any atom is -0.477 e. The molecule has 0 rings (SSSR count). The van der Waals surface area contributed by atoms with Crippen molar-refractivity contribution < 1.29 is 42.9 Å². The van der Waals surface area contributed by atoms with Gasteiger partial charge in [0.15, 0.2) is 6.10 Å². The lowest BCUT2D eigenvalue weighted by atomic mass is 10.0. The van der Waals surface area contributed by atoms with Crippen LogP contribution in [0.2, 0.25) is 0 Å². The number of esters is 2. The first-order chi connectivity index (χ1) is 36.1. The molecule has 0 aliphatic rings. The van der Waals surface area contributed by atoms with Crippen LogP contribution >= 0.6 is 0 Å². The second kappa shape index (κ2) is 56.2. The molecule has 2 atom stereocenters. The van der Waals surface area contributed by atoms with E-state index >= 15 is 0 Å². The fraction of sp³-hybridized carbons (Fsp3) is 0.800. The normalized spacial score (nSPS) is 13.1. The summed E-state index contributed by atoms with van der Waals surface area (Å²) in [4.78, 5) is 37.4. The fourth-order valence-corrected chi connectivity index (χ4v) is 8.81. The SMILES string of the molecule is CC/C=C\C/C=C\C/C=C\C/C=C\C/C=C\CCCCCCCCCCCCCCCCCCCC(=O)OC(COC(=O)CCCCCCCCCCCCCCCCCC)COC(OCC[N+](C)(C)C)C(=O)O. The molecule has 1 N–H and O–H groups in total. The number of aliphatic carboxylic acids is 1. The van der Waals surface area contributed by atoms with Gasteiger partial charge >= 0.3 is 17.9 Å². The summed E-state index contributed by atoms with van der Waals surface area (Å²) in [5.41, 5.74) is 0. The topological polar surface area (TPSA) is 108 Å². The van der Waals surface area contributed by atoms with Crippen LogP contribution in [0, 0.1) is 0 Å². The minimum atomic E-state index is -1.51. The molecule has 0 spiro atoms. The molecule has 0 saturated heterocycles. The van der Waals surface area contributed by atoms with Crippen molar-refractivity contribution in [3.05, 3.63) is 60.8 Å². The number of carbonyl (C=O) groups excluding carboxylic acids is 2. The highest BCUT2D eigenvalue weighted by Crippen LogP contribution is 2.17. The zero-order valence-corrected chi connectivity index (χ0v) is 49.0. The summed E-state index contributed by atoms with van der Waals surface area (Å²) in [6, 6.07) is 0. The molecular formula is C65H118NO8+. The van der Waals surface area contributed by atoms with E-state index in [1.54, 1.807) is 0 Å². The largest absolute Gasteiger partial charge is 0.477 e. The zero-order valence-electron chi connectivity index (χ0n) is 49.0. The van der Waals surface area contributed by atoms with Crippen molar-refractivity contribution in [3.63, 3.8) is 0 Å². The number of unbranched alkanes of at least 4 members (excludes halogenated alkanes) is 32. The molecule has 0 heterocycles. The van der Waals surface area contributed by atoms with Gasteiger partial charge in [0.2, 0.25) is 0 Å². The number of carbonyl (C=O) groups is 3. The molecule has 430 valence electrons. The smallest absolute Gasteiger partial charge is 0.361 e. The van der Waals surface area contributed by atoms with Crippen LogP contribution in [0.3, 0.4) is 0 Å². The molecule has 0 fully saturated rings. The van der Waals surface area contributed by atoms with Crippen LogP contribution in [0.25, 0.3) is 0 Å². The van der Waals surface area contributed by atoms with Gasteiger partial charge in [-0.1, -0.05) is 267 Å². The first-order valence-electron chi connectivity index (χ1n) is 31.0. The van der Waals surface area contributed by atoms with E-state index in [-0.39, 0.29) is 32.2 Å². The number of carboxylic acid groups (broad SMARTS) is 1. The first-order valence-corrected chi connectivity index (χ1v) is 31.0. The van der Waals surface area contributed by atoms with Crippen molar-refractivity contribution in [2.75, 3.05) is 47.5 Å². The molecule has 0 aliphatic heterocycles. The minimum absolute atomic E-state index is 0.178. The van der Waals surface area contributed by atoms with Crippen LogP contribution in [-0.2, 0) is 33.3 Å². The maximum Gasteiger partial charge on any atom is 0.361 e. The van der Waals surface area contributed by atoms with Gasteiger partial charge in [-0.3, -0.25) is 9.59 Å². The summed E-state index contributed by atoms with van der Waals surface area (Å²) >= 11 is 0. The Morgan fingerprint density at radius 1 is 0.419 bits per heavy atom. The van der Waals surface area contributed by atoms with E-state index in [4.69, 9.17) is 18.9 Å². The predicted molar refractivity (Wildman–Crippen MR) is 313 cm³/mol. The van der Waals surface area contributed by atoms with E-state index in [2.05, 4.69) is 74.6 Å². The Hall–Kier alpha value is -3.01. The van der Waals surface area contributed by atoms with Crippen LogP contribution in [0.4, 0.5) is 0 Å². The highest BCUT2D eigenvalue weighted by atomic mass is 16.7. The molecule has 0 aromatic heterocycles. The monoisotopic (exact) mass is 1040 g/mol. The number of carboxylic acids is 1. The summed E-state index contributed by atoms with van der Waals surface area (Å²) in [5.74, 6) is -1.99. The lowest BCUT2D eigenvalue weighted by molar-refractivity contribution is -0.870. The van der Waals surface area contributed by atoms with E-state index in [0.717, 1.165) is 70.6 Å². The van der Waals surface area contributed by atoms with Crippen LogP contribution in [0.15, 0.2) is 60.8 Å². The number of quaternary nitrogens is 1. The highest BCUT2D eigenvalue weighted by Gasteiger charge is 2.25. The molecule has 0 saturated carbocycles. The second-order valence-corrected chi connectivity index (χ2v) is 22.0. The van der Waals surface area contributed by atoms with Crippen molar-refractivity contribution in [1.82, 2.24) is 0 Å². The Kier molecular flexibility index (Phi) is 53.9. The first kappa shape index (κ1) is 71.0. The molecule has 0 aliphatic carbocycles. The van der Waals surface area contributed by atoms with Gasteiger partial charge in [-0.05, 0) is 57.8 Å². The van der Waals surface area contributed by atoms with Crippen LogP contribution in [0.1, 0.15) is 277 Å². The molecular weight excluding hydrogens is 923 g/mol. The van der Waals surface area contributed by atoms with Gasteiger partial charge < -0.3 is 28.5 Å². The van der Waals surface area contributed by atoms with Crippen LogP contribution in [-0.4, -0.2) is 87.4 Å². The molecule has 74 heavy (non-hydrogen) atoms. The van der Waals surface area contributed by atoms with E-state index in [1.165, 1.54) is 180 Å². The molecule has 0 amide bonds.